The van der Waals surface area contributed by atoms with Crippen molar-refractivity contribution >= 4 is 17.7 Å². The summed E-state index contributed by atoms with van der Waals surface area (Å²) in [6, 6.07) is 0. The molecular weight excluding hydrogens is 138 g/mol. The van der Waals surface area contributed by atoms with E-state index in [0.717, 1.165) is 12.2 Å². The van der Waals surface area contributed by atoms with Gasteiger partial charge in [0.05, 0.1) is 0 Å². The van der Waals surface area contributed by atoms with Crippen molar-refractivity contribution in [1.29, 1.82) is 0 Å². The van der Waals surface area contributed by atoms with Gasteiger partial charge >= 0.3 is 5.97 Å². The van der Waals surface area contributed by atoms with Gasteiger partial charge in [-0.25, -0.2) is 0 Å². The summed E-state index contributed by atoms with van der Waals surface area (Å²) >= 11 is 1.71. The third-order valence-electron chi connectivity index (χ3n) is 0.861. The van der Waals surface area contributed by atoms with Crippen LogP contribution < -0.4 is 5.90 Å². The molecule has 0 aliphatic rings. The van der Waals surface area contributed by atoms with Crippen LogP contribution in [0, 0.1) is 0 Å². The summed E-state index contributed by atoms with van der Waals surface area (Å²) < 4.78 is 0. The van der Waals surface area contributed by atoms with Crippen LogP contribution in [-0.2, 0) is 9.63 Å². The second-order valence-corrected chi connectivity index (χ2v) is 2.57. The highest BCUT2D eigenvalue weighted by Crippen LogP contribution is 1.98. The molecule has 0 bridgehead atoms. The fraction of sp³-hybridized carbons (Fsp3) is 0.800. The molecule has 0 aromatic rings. The lowest BCUT2D eigenvalue weighted by molar-refractivity contribution is -0.144. The van der Waals surface area contributed by atoms with Crippen LogP contribution in [0.3, 0.4) is 0 Å². The summed E-state index contributed by atoms with van der Waals surface area (Å²) in [5, 5.41) is 0. The van der Waals surface area contributed by atoms with E-state index in [1.54, 1.807) is 11.8 Å². The summed E-state index contributed by atoms with van der Waals surface area (Å²) in [5.74, 6) is 5.25. The normalized spacial score (nSPS) is 9.11. The first kappa shape index (κ1) is 8.78. The van der Waals surface area contributed by atoms with E-state index in [0.29, 0.717) is 6.42 Å². The van der Waals surface area contributed by atoms with Crippen molar-refractivity contribution in [3.8, 4) is 0 Å². The van der Waals surface area contributed by atoms with E-state index in [9.17, 15) is 4.79 Å². The molecule has 0 unspecified atom stereocenters. The second kappa shape index (κ2) is 5.91. The van der Waals surface area contributed by atoms with Crippen molar-refractivity contribution < 1.29 is 9.63 Å². The molecule has 0 saturated carbocycles. The molecule has 0 fully saturated rings. The molecule has 0 aromatic carbocycles. The van der Waals surface area contributed by atoms with Gasteiger partial charge in [0.1, 0.15) is 0 Å². The minimum atomic E-state index is -0.330. The molecule has 0 rings (SSSR count). The average Bonchev–Trinajstić information content (AvgIpc) is 1.89. The molecule has 4 heteroatoms. The zero-order chi connectivity index (χ0) is 7.11. The molecule has 0 saturated heterocycles. The van der Waals surface area contributed by atoms with Gasteiger partial charge in [-0.1, -0.05) is 0 Å². The first-order valence-corrected chi connectivity index (χ1v) is 4.09. The van der Waals surface area contributed by atoms with Gasteiger partial charge in [0.15, 0.2) is 0 Å². The minimum Gasteiger partial charge on any atom is -0.373 e. The van der Waals surface area contributed by atoms with Gasteiger partial charge in [-0.15, -0.1) is 0 Å². The Morgan fingerprint density at radius 2 is 2.44 bits per heavy atom. The zero-order valence-corrected chi connectivity index (χ0v) is 6.24. The Hall–Kier alpha value is -0.220. The highest BCUT2D eigenvalue weighted by Gasteiger charge is 1.97. The van der Waals surface area contributed by atoms with Gasteiger partial charge in [0.25, 0.3) is 0 Å². The highest BCUT2D eigenvalue weighted by atomic mass is 32.2. The molecule has 0 heterocycles. The molecule has 0 radical (unpaired) electrons. The van der Waals surface area contributed by atoms with E-state index in [-0.39, 0.29) is 5.97 Å². The standard InChI is InChI=1S/C5H11NO2S/c1-9-4-2-3-5(7)8-6/h2-4,6H2,1H3. The molecule has 3 nitrogen and oxygen atoms in total. The monoisotopic (exact) mass is 149 g/mol. The van der Waals surface area contributed by atoms with Crippen LogP contribution in [0.1, 0.15) is 12.8 Å². The molecule has 0 aliphatic heterocycles. The lowest BCUT2D eigenvalue weighted by atomic mass is 10.3. The van der Waals surface area contributed by atoms with Crippen molar-refractivity contribution in [2.75, 3.05) is 12.0 Å². The predicted octanol–water partition coefficient (Wildman–Crippen LogP) is 0.547. The maximum atomic E-state index is 10.3. The highest BCUT2D eigenvalue weighted by molar-refractivity contribution is 7.98. The summed E-state index contributed by atoms with van der Waals surface area (Å²) in [7, 11) is 0. The Morgan fingerprint density at radius 3 is 2.89 bits per heavy atom. The van der Waals surface area contributed by atoms with Gasteiger partial charge in [-0.3, -0.25) is 4.79 Å². The minimum absolute atomic E-state index is 0.330. The lowest BCUT2D eigenvalue weighted by Crippen LogP contribution is -2.09. The maximum absolute atomic E-state index is 10.3. The number of nitrogens with two attached hydrogens (primary N) is 1. The first-order valence-electron chi connectivity index (χ1n) is 2.69. The molecule has 0 amide bonds. The van der Waals surface area contributed by atoms with Crippen molar-refractivity contribution in [2.24, 2.45) is 5.90 Å². The number of hydrogen-bond acceptors (Lipinski definition) is 4. The van der Waals surface area contributed by atoms with Crippen LogP contribution in [0.5, 0.6) is 0 Å². The topological polar surface area (TPSA) is 52.3 Å². The van der Waals surface area contributed by atoms with Gasteiger partial charge < -0.3 is 4.84 Å². The molecule has 0 spiro atoms. The summed E-state index contributed by atoms with van der Waals surface area (Å²) in [5.41, 5.74) is 0. The molecule has 0 atom stereocenters. The Kier molecular flexibility index (Phi) is 5.76. The summed E-state index contributed by atoms with van der Waals surface area (Å²) in [6.07, 6.45) is 3.27. The fourth-order valence-electron chi connectivity index (χ4n) is 0.420. The molecule has 54 valence electrons. The van der Waals surface area contributed by atoms with Crippen LogP contribution >= 0.6 is 11.8 Å². The van der Waals surface area contributed by atoms with E-state index >= 15 is 0 Å². The predicted molar refractivity (Wildman–Crippen MR) is 37.9 cm³/mol. The Labute approximate surface area is 58.9 Å². The van der Waals surface area contributed by atoms with Crippen LogP contribution in [-0.4, -0.2) is 18.0 Å². The van der Waals surface area contributed by atoms with Crippen LogP contribution in [0.15, 0.2) is 0 Å². The van der Waals surface area contributed by atoms with E-state index in [2.05, 4.69) is 10.7 Å². The number of thioether (sulfide) groups is 1. The van der Waals surface area contributed by atoms with Crippen LogP contribution in [0.25, 0.3) is 0 Å². The molecule has 9 heavy (non-hydrogen) atoms. The molecule has 0 aliphatic carbocycles. The van der Waals surface area contributed by atoms with Gasteiger partial charge in [-0.2, -0.15) is 17.7 Å². The molecular formula is C5H11NO2S. The smallest absolute Gasteiger partial charge is 0.324 e. The fourth-order valence-corrected chi connectivity index (χ4v) is 0.853. The largest absolute Gasteiger partial charge is 0.373 e. The SMILES string of the molecule is CSCCCC(=O)ON. The van der Waals surface area contributed by atoms with Gasteiger partial charge in [0, 0.05) is 6.42 Å². The van der Waals surface area contributed by atoms with E-state index < -0.39 is 0 Å². The second-order valence-electron chi connectivity index (χ2n) is 1.59. The van der Waals surface area contributed by atoms with Crippen LogP contribution in [0.2, 0.25) is 0 Å². The van der Waals surface area contributed by atoms with Gasteiger partial charge in [-0.05, 0) is 18.4 Å². The number of carbonyl (C=O) groups is 1. The summed E-state index contributed by atoms with van der Waals surface area (Å²) in [4.78, 5) is 14.3. The molecule has 0 aromatic heterocycles. The Balaban J connectivity index is 2.97. The Bertz CT molecular complexity index is 87.0. The van der Waals surface area contributed by atoms with Crippen molar-refractivity contribution in [3.05, 3.63) is 0 Å². The number of carbonyl (C=O) groups excluding carboxylic acids is 1. The first-order chi connectivity index (χ1) is 4.31. The number of hydrogen-bond donors (Lipinski definition) is 1. The van der Waals surface area contributed by atoms with E-state index in [1.807, 2.05) is 6.26 Å². The van der Waals surface area contributed by atoms with Crippen molar-refractivity contribution in [1.82, 2.24) is 0 Å². The quantitative estimate of drug-likeness (QED) is 0.468. The average molecular weight is 149 g/mol. The van der Waals surface area contributed by atoms with Crippen LogP contribution in [0.4, 0.5) is 0 Å². The third-order valence-corrected chi connectivity index (χ3v) is 1.56. The summed E-state index contributed by atoms with van der Waals surface area (Å²) in [6.45, 7) is 0. The molecule has 2 N–H and O–H groups in total. The number of rotatable bonds is 4. The van der Waals surface area contributed by atoms with Crippen molar-refractivity contribution in [2.45, 2.75) is 12.8 Å². The third kappa shape index (κ3) is 5.65. The van der Waals surface area contributed by atoms with E-state index in [1.165, 1.54) is 0 Å². The zero-order valence-electron chi connectivity index (χ0n) is 5.42. The van der Waals surface area contributed by atoms with E-state index in [4.69, 9.17) is 0 Å². The maximum Gasteiger partial charge on any atom is 0.324 e. The lowest BCUT2D eigenvalue weighted by Gasteiger charge is -1.94. The Morgan fingerprint density at radius 1 is 1.78 bits per heavy atom. The van der Waals surface area contributed by atoms with Gasteiger partial charge in [0.2, 0.25) is 0 Å². The van der Waals surface area contributed by atoms with Crippen molar-refractivity contribution in [3.63, 3.8) is 0 Å².